The second-order valence-electron chi connectivity index (χ2n) is 5.60. The number of nitro groups is 1. The lowest BCUT2D eigenvalue weighted by atomic mass is 10.2. The smallest absolute Gasteiger partial charge is 0.356 e. The molecule has 0 aliphatic heterocycles. The van der Waals surface area contributed by atoms with E-state index in [9.17, 15) is 14.9 Å². The highest BCUT2D eigenvalue weighted by Gasteiger charge is 2.23. The van der Waals surface area contributed by atoms with E-state index in [0.717, 1.165) is 6.33 Å². The quantitative estimate of drug-likeness (QED) is 0.334. The summed E-state index contributed by atoms with van der Waals surface area (Å²) in [5.41, 5.74) is 10.9. The number of hydrogen-bond donors (Lipinski definition) is 4. The second kappa shape index (κ2) is 8.99. The van der Waals surface area contributed by atoms with Crippen LogP contribution in [0.25, 0.3) is 0 Å². The Balaban J connectivity index is 1.72. The van der Waals surface area contributed by atoms with Crippen LogP contribution in [0.4, 0.5) is 23.0 Å². The highest BCUT2D eigenvalue weighted by molar-refractivity contribution is 5.95. The predicted octanol–water partition coefficient (Wildman–Crippen LogP) is 2.59. The first-order valence-electron chi connectivity index (χ1n) is 8.35. The van der Waals surface area contributed by atoms with Crippen LogP contribution in [0.2, 0.25) is 0 Å². The third kappa shape index (κ3) is 4.86. The molecule has 29 heavy (non-hydrogen) atoms. The molecule has 0 aliphatic rings. The van der Waals surface area contributed by atoms with Gasteiger partial charge in [0.15, 0.2) is 0 Å². The summed E-state index contributed by atoms with van der Waals surface area (Å²) in [7, 11) is 1.52. The fourth-order valence-corrected chi connectivity index (χ4v) is 2.32. The number of rotatable bonds is 8. The van der Waals surface area contributed by atoms with Crippen molar-refractivity contribution in [2.45, 2.75) is 0 Å². The number of hydrogen-bond acceptors (Lipinski definition) is 9. The largest absolute Gasteiger partial charge is 0.497 e. The normalized spacial score (nSPS) is 9.97. The van der Waals surface area contributed by atoms with Crippen LogP contribution in [0.5, 0.6) is 5.75 Å². The molecular formula is C18H17N7O4. The second-order valence-corrected chi connectivity index (χ2v) is 5.60. The molecule has 4 N–H and O–H groups in total. The molecule has 11 heteroatoms. The summed E-state index contributed by atoms with van der Waals surface area (Å²) in [5.74, 6) is -0.153. The molecule has 0 atom stereocenters. The minimum Gasteiger partial charge on any atom is -0.497 e. The van der Waals surface area contributed by atoms with E-state index in [1.165, 1.54) is 7.11 Å². The predicted molar refractivity (Wildman–Crippen MR) is 106 cm³/mol. The van der Waals surface area contributed by atoms with Crippen molar-refractivity contribution in [3.8, 4) is 5.75 Å². The van der Waals surface area contributed by atoms with E-state index in [4.69, 9.17) is 4.74 Å². The molecule has 1 amide bonds. The Morgan fingerprint density at radius 3 is 2.24 bits per heavy atom. The molecular weight excluding hydrogens is 378 g/mol. The molecule has 0 saturated heterocycles. The van der Waals surface area contributed by atoms with Crippen molar-refractivity contribution in [2.24, 2.45) is 0 Å². The van der Waals surface area contributed by atoms with Crippen LogP contribution < -0.4 is 26.4 Å². The van der Waals surface area contributed by atoms with E-state index in [1.807, 2.05) is 6.07 Å². The third-order valence-electron chi connectivity index (χ3n) is 3.75. The Morgan fingerprint density at radius 1 is 0.966 bits per heavy atom. The molecule has 3 rings (SSSR count). The van der Waals surface area contributed by atoms with Crippen LogP contribution in [0.15, 0.2) is 60.9 Å². The van der Waals surface area contributed by atoms with Crippen molar-refractivity contribution in [2.75, 3.05) is 23.4 Å². The molecule has 0 spiro atoms. The summed E-state index contributed by atoms with van der Waals surface area (Å²) in [6.45, 7) is 0. The van der Waals surface area contributed by atoms with Gasteiger partial charge in [0.25, 0.3) is 5.91 Å². The fourth-order valence-electron chi connectivity index (χ4n) is 2.32. The van der Waals surface area contributed by atoms with Crippen LogP contribution in [0.3, 0.4) is 0 Å². The third-order valence-corrected chi connectivity index (χ3v) is 3.75. The monoisotopic (exact) mass is 395 g/mol. The van der Waals surface area contributed by atoms with Gasteiger partial charge in [-0.3, -0.25) is 36.6 Å². The zero-order valence-electron chi connectivity index (χ0n) is 15.2. The van der Waals surface area contributed by atoms with E-state index < -0.39 is 16.5 Å². The molecule has 3 aromatic rings. The Kier molecular flexibility index (Phi) is 6.00. The molecule has 0 bridgehead atoms. The summed E-state index contributed by atoms with van der Waals surface area (Å²) in [6.07, 6.45) is 1.13. The van der Waals surface area contributed by atoms with Gasteiger partial charge >= 0.3 is 5.69 Å². The first kappa shape index (κ1) is 19.4. The van der Waals surface area contributed by atoms with Crippen molar-refractivity contribution in [3.63, 3.8) is 0 Å². The van der Waals surface area contributed by atoms with E-state index in [1.54, 1.807) is 48.5 Å². The van der Waals surface area contributed by atoms with Crippen molar-refractivity contribution in [1.82, 2.24) is 15.4 Å². The summed E-state index contributed by atoms with van der Waals surface area (Å²) in [4.78, 5) is 30.8. The maximum absolute atomic E-state index is 12.2. The Bertz CT molecular complexity index is 997. The van der Waals surface area contributed by atoms with Gasteiger partial charge in [0.05, 0.1) is 17.7 Å². The van der Waals surface area contributed by atoms with Gasteiger partial charge in [-0.2, -0.15) is 0 Å². The van der Waals surface area contributed by atoms with Crippen molar-refractivity contribution >= 4 is 28.9 Å². The number of hydrazine groups is 2. The van der Waals surface area contributed by atoms with E-state index in [-0.39, 0.29) is 11.6 Å². The first-order valence-corrected chi connectivity index (χ1v) is 8.35. The number of nitrogens with one attached hydrogen (secondary N) is 4. The zero-order valence-corrected chi connectivity index (χ0v) is 15.2. The highest BCUT2D eigenvalue weighted by atomic mass is 16.6. The molecule has 0 fully saturated rings. The molecule has 11 nitrogen and oxygen atoms in total. The van der Waals surface area contributed by atoms with Gasteiger partial charge in [0.1, 0.15) is 12.1 Å². The maximum Gasteiger partial charge on any atom is 0.356 e. The number of ether oxygens (including phenoxy) is 1. The first-order chi connectivity index (χ1) is 14.1. The molecule has 148 valence electrons. The summed E-state index contributed by atoms with van der Waals surface area (Å²) < 4.78 is 5.04. The van der Waals surface area contributed by atoms with Gasteiger partial charge in [-0.25, -0.2) is 9.97 Å². The number of carbonyl (C=O) groups is 1. The number of benzene rings is 2. The zero-order chi connectivity index (χ0) is 20.6. The maximum atomic E-state index is 12.2. The van der Waals surface area contributed by atoms with Gasteiger partial charge in [-0.05, 0) is 36.4 Å². The molecule has 0 radical (unpaired) electrons. The summed E-state index contributed by atoms with van der Waals surface area (Å²) in [5, 5.41) is 11.5. The van der Waals surface area contributed by atoms with Crippen LogP contribution in [0.1, 0.15) is 10.4 Å². The molecule has 1 heterocycles. The van der Waals surface area contributed by atoms with Gasteiger partial charge < -0.3 is 4.74 Å². The highest BCUT2D eigenvalue weighted by Crippen LogP contribution is 2.28. The SMILES string of the molecule is COc1ccc(C(=O)NNc2ncnc(NNc3ccccc3)c2[N+](=O)[O-])cc1. The fraction of sp³-hybridized carbons (Fsp3) is 0.0556. The Labute approximate surface area is 165 Å². The number of carbonyl (C=O) groups excluding carboxylic acids is 1. The van der Waals surface area contributed by atoms with Gasteiger partial charge in [0, 0.05) is 5.56 Å². The lowest BCUT2D eigenvalue weighted by molar-refractivity contribution is -0.383. The number of amides is 1. The molecule has 0 saturated carbocycles. The van der Waals surface area contributed by atoms with Crippen LogP contribution in [-0.4, -0.2) is 27.9 Å². The molecule has 0 aliphatic carbocycles. The minimum atomic E-state index is -0.656. The lowest BCUT2D eigenvalue weighted by Crippen LogP contribution is -2.30. The topological polar surface area (TPSA) is 143 Å². The average molecular weight is 395 g/mol. The van der Waals surface area contributed by atoms with Crippen LogP contribution in [0, 0.1) is 10.1 Å². The van der Waals surface area contributed by atoms with Gasteiger partial charge in [0.2, 0.25) is 11.6 Å². The van der Waals surface area contributed by atoms with Crippen molar-refractivity contribution in [3.05, 3.63) is 76.6 Å². The standard InChI is InChI=1S/C18H17N7O4/c1-29-14-9-7-12(8-10-14)18(26)24-23-17-15(25(27)28)16(19-11-20-17)22-21-13-5-3-2-4-6-13/h2-11,21H,1H3,(H,24,26)(H2,19,20,22,23). The van der Waals surface area contributed by atoms with Crippen LogP contribution >= 0.6 is 0 Å². The average Bonchev–Trinajstić information content (AvgIpc) is 2.76. The number of methoxy groups -OCH3 is 1. The van der Waals surface area contributed by atoms with Crippen molar-refractivity contribution < 1.29 is 14.5 Å². The molecule has 1 aromatic heterocycles. The summed E-state index contributed by atoms with van der Waals surface area (Å²) in [6, 6.07) is 15.4. The number of nitrogens with zero attached hydrogens (tertiary/aromatic N) is 3. The van der Waals surface area contributed by atoms with Crippen LogP contribution in [-0.2, 0) is 0 Å². The number of para-hydroxylation sites is 1. The number of anilines is 3. The lowest BCUT2D eigenvalue weighted by Gasteiger charge is -2.12. The van der Waals surface area contributed by atoms with E-state index in [2.05, 4.69) is 31.7 Å². The minimum absolute atomic E-state index is 0.0740. The van der Waals surface area contributed by atoms with Gasteiger partial charge in [-0.15, -0.1) is 0 Å². The molecule has 0 unspecified atom stereocenters. The Hall–Kier alpha value is -4.41. The summed E-state index contributed by atoms with van der Waals surface area (Å²) >= 11 is 0. The Morgan fingerprint density at radius 2 is 1.62 bits per heavy atom. The van der Waals surface area contributed by atoms with Gasteiger partial charge in [-0.1, -0.05) is 18.2 Å². The van der Waals surface area contributed by atoms with E-state index >= 15 is 0 Å². The van der Waals surface area contributed by atoms with Crippen molar-refractivity contribution in [1.29, 1.82) is 0 Å². The molecule has 2 aromatic carbocycles. The number of aromatic nitrogens is 2. The van der Waals surface area contributed by atoms with E-state index in [0.29, 0.717) is 17.0 Å².